The topological polar surface area (TPSA) is 69.4 Å². The van der Waals surface area contributed by atoms with Crippen molar-refractivity contribution in [3.8, 4) is 0 Å². The number of primary sulfonamides is 1. The first-order valence-electron chi connectivity index (χ1n) is 5.56. The third-order valence-corrected chi connectivity index (χ3v) is 3.72. The molecule has 0 radical (unpaired) electrons. The third kappa shape index (κ3) is 8.07. The zero-order valence-corrected chi connectivity index (χ0v) is 11.9. The Morgan fingerprint density at radius 1 is 1.06 bits per heavy atom. The second-order valence-electron chi connectivity index (χ2n) is 5.98. The van der Waals surface area contributed by atoms with E-state index in [1.807, 2.05) is 13.8 Å². The molecule has 0 aliphatic rings. The maximum Gasteiger partial charge on any atom is 0.209 e. The standard InChI is InChI=1S/C11H25NO3S/c1-6-10(2,3)7-15-8-11(4,5)9-16(12,13)14/h6-9H2,1-5H3,(H2,12,13,14). The zero-order valence-electron chi connectivity index (χ0n) is 11.0. The summed E-state index contributed by atoms with van der Waals surface area (Å²) in [6.45, 7) is 11.1. The van der Waals surface area contributed by atoms with Crippen LogP contribution in [0.25, 0.3) is 0 Å². The number of ether oxygens (including phenoxy) is 1. The van der Waals surface area contributed by atoms with Gasteiger partial charge in [-0.1, -0.05) is 34.6 Å². The maximum absolute atomic E-state index is 11.0. The van der Waals surface area contributed by atoms with Gasteiger partial charge in [0.05, 0.1) is 19.0 Å². The lowest BCUT2D eigenvalue weighted by Crippen LogP contribution is -2.33. The van der Waals surface area contributed by atoms with Crippen LogP contribution in [0, 0.1) is 10.8 Å². The highest BCUT2D eigenvalue weighted by atomic mass is 32.2. The van der Waals surface area contributed by atoms with Crippen LogP contribution in [0.5, 0.6) is 0 Å². The highest BCUT2D eigenvalue weighted by Crippen LogP contribution is 2.22. The first-order valence-corrected chi connectivity index (χ1v) is 7.27. The number of nitrogens with two attached hydrogens (primary N) is 1. The molecule has 5 heteroatoms. The molecule has 0 aromatic heterocycles. The van der Waals surface area contributed by atoms with Gasteiger partial charge in [-0.15, -0.1) is 0 Å². The summed E-state index contributed by atoms with van der Waals surface area (Å²) in [5, 5.41) is 5.02. The van der Waals surface area contributed by atoms with Crippen LogP contribution in [0.3, 0.4) is 0 Å². The molecule has 0 heterocycles. The van der Waals surface area contributed by atoms with Crippen molar-refractivity contribution in [1.82, 2.24) is 0 Å². The van der Waals surface area contributed by atoms with Gasteiger partial charge in [-0.3, -0.25) is 0 Å². The lowest BCUT2D eigenvalue weighted by molar-refractivity contribution is 0.0208. The van der Waals surface area contributed by atoms with Gasteiger partial charge in [-0.05, 0) is 11.8 Å². The number of hydrogen-bond donors (Lipinski definition) is 1. The Morgan fingerprint density at radius 3 is 1.88 bits per heavy atom. The van der Waals surface area contributed by atoms with Crippen molar-refractivity contribution in [2.24, 2.45) is 16.0 Å². The first-order chi connectivity index (χ1) is 6.97. The smallest absolute Gasteiger partial charge is 0.209 e. The Morgan fingerprint density at radius 2 is 1.50 bits per heavy atom. The van der Waals surface area contributed by atoms with E-state index in [0.717, 1.165) is 6.42 Å². The Kier molecular flexibility index (Phi) is 5.42. The van der Waals surface area contributed by atoms with E-state index in [-0.39, 0.29) is 11.2 Å². The summed E-state index contributed by atoms with van der Waals surface area (Å²) in [6, 6.07) is 0. The third-order valence-electron chi connectivity index (χ3n) is 2.53. The van der Waals surface area contributed by atoms with E-state index in [1.165, 1.54) is 0 Å². The SMILES string of the molecule is CCC(C)(C)COCC(C)(C)CS(N)(=O)=O. The van der Waals surface area contributed by atoms with E-state index in [2.05, 4.69) is 20.8 Å². The van der Waals surface area contributed by atoms with E-state index in [1.54, 1.807) is 0 Å². The van der Waals surface area contributed by atoms with Crippen LogP contribution in [0.1, 0.15) is 41.0 Å². The fourth-order valence-corrected chi connectivity index (χ4v) is 2.46. The minimum absolute atomic E-state index is 0.0491. The average molecular weight is 251 g/mol. The molecule has 0 aromatic carbocycles. The van der Waals surface area contributed by atoms with Gasteiger partial charge in [-0.25, -0.2) is 13.6 Å². The summed E-state index contributed by atoms with van der Waals surface area (Å²) in [5.74, 6) is -0.0491. The highest BCUT2D eigenvalue weighted by molar-refractivity contribution is 7.89. The van der Waals surface area contributed by atoms with Crippen molar-refractivity contribution >= 4 is 10.0 Å². The molecule has 0 saturated heterocycles. The summed E-state index contributed by atoms with van der Waals surface area (Å²) < 4.78 is 27.6. The lowest BCUT2D eigenvalue weighted by atomic mass is 9.91. The van der Waals surface area contributed by atoms with Crippen molar-refractivity contribution in [3.63, 3.8) is 0 Å². The van der Waals surface area contributed by atoms with E-state index in [4.69, 9.17) is 9.88 Å². The molecule has 0 aliphatic carbocycles. The van der Waals surface area contributed by atoms with Crippen LogP contribution in [-0.2, 0) is 14.8 Å². The average Bonchev–Trinajstić information content (AvgIpc) is 1.98. The Balaban J connectivity index is 4.11. The summed E-state index contributed by atoms with van der Waals surface area (Å²) in [5.41, 5.74) is -0.297. The van der Waals surface area contributed by atoms with Crippen molar-refractivity contribution in [2.45, 2.75) is 41.0 Å². The summed E-state index contributed by atoms with van der Waals surface area (Å²) in [6.07, 6.45) is 1.03. The van der Waals surface area contributed by atoms with Gasteiger partial charge in [0, 0.05) is 5.41 Å². The van der Waals surface area contributed by atoms with E-state index in [9.17, 15) is 8.42 Å². The van der Waals surface area contributed by atoms with Crippen LogP contribution in [0.15, 0.2) is 0 Å². The fraction of sp³-hybridized carbons (Fsp3) is 1.00. The Labute approximate surface area is 99.6 Å². The van der Waals surface area contributed by atoms with Gasteiger partial charge in [0.25, 0.3) is 0 Å². The van der Waals surface area contributed by atoms with Crippen LogP contribution in [0.2, 0.25) is 0 Å². The van der Waals surface area contributed by atoms with Crippen molar-refractivity contribution in [1.29, 1.82) is 0 Å². The molecule has 0 bridgehead atoms. The number of hydrogen-bond acceptors (Lipinski definition) is 3. The van der Waals surface area contributed by atoms with E-state index < -0.39 is 15.4 Å². The molecular formula is C11H25NO3S. The second-order valence-corrected chi connectivity index (χ2v) is 7.60. The van der Waals surface area contributed by atoms with Crippen LogP contribution < -0.4 is 5.14 Å². The summed E-state index contributed by atoms with van der Waals surface area (Å²) >= 11 is 0. The second kappa shape index (κ2) is 5.47. The normalized spacial score (nSPS) is 14.1. The van der Waals surface area contributed by atoms with Gasteiger partial charge in [0.2, 0.25) is 10.0 Å². The predicted octanol–water partition coefficient (Wildman–Crippen LogP) is 1.75. The molecule has 16 heavy (non-hydrogen) atoms. The first kappa shape index (κ1) is 15.9. The van der Waals surface area contributed by atoms with Gasteiger partial charge in [0.15, 0.2) is 0 Å². The minimum atomic E-state index is -3.43. The highest BCUT2D eigenvalue weighted by Gasteiger charge is 2.25. The van der Waals surface area contributed by atoms with Gasteiger partial charge >= 0.3 is 0 Å². The molecule has 0 amide bonds. The molecule has 0 aliphatic heterocycles. The van der Waals surface area contributed by atoms with Crippen molar-refractivity contribution in [3.05, 3.63) is 0 Å². The summed E-state index contributed by atoms with van der Waals surface area (Å²) in [7, 11) is -3.43. The Hall–Kier alpha value is -0.130. The molecule has 4 nitrogen and oxygen atoms in total. The lowest BCUT2D eigenvalue weighted by Gasteiger charge is -2.27. The monoisotopic (exact) mass is 251 g/mol. The maximum atomic E-state index is 11.0. The molecular weight excluding hydrogens is 226 g/mol. The van der Waals surface area contributed by atoms with Gasteiger partial charge < -0.3 is 4.74 Å². The van der Waals surface area contributed by atoms with Crippen LogP contribution in [-0.4, -0.2) is 27.4 Å². The van der Waals surface area contributed by atoms with E-state index in [0.29, 0.717) is 13.2 Å². The quantitative estimate of drug-likeness (QED) is 0.749. The molecule has 98 valence electrons. The Bertz CT molecular complexity index is 307. The molecule has 0 aromatic rings. The molecule has 0 unspecified atom stereocenters. The van der Waals surface area contributed by atoms with E-state index >= 15 is 0 Å². The predicted molar refractivity (Wildman–Crippen MR) is 66.6 cm³/mol. The summed E-state index contributed by atoms with van der Waals surface area (Å²) in [4.78, 5) is 0. The molecule has 0 fully saturated rings. The van der Waals surface area contributed by atoms with Crippen LogP contribution >= 0.6 is 0 Å². The number of rotatable bonds is 7. The minimum Gasteiger partial charge on any atom is -0.380 e. The number of sulfonamides is 1. The zero-order chi connectivity index (χ0) is 13.0. The van der Waals surface area contributed by atoms with Crippen LogP contribution in [0.4, 0.5) is 0 Å². The van der Waals surface area contributed by atoms with Gasteiger partial charge in [0.1, 0.15) is 0 Å². The van der Waals surface area contributed by atoms with Crippen molar-refractivity contribution < 1.29 is 13.2 Å². The van der Waals surface area contributed by atoms with Gasteiger partial charge in [-0.2, -0.15) is 0 Å². The molecule has 0 atom stereocenters. The fourth-order valence-electron chi connectivity index (χ4n) is 1.29. The molecule has 0 saturated carbocycles. The molecule has 2 N–H and O–H groups in total. The van der Waals surface area contributed by atoms with Crippen molar-refractivity contribution in [2.75, 3.05) is 19.0 Å². The molecule has 0 rings (SSSR count). The molecule has 0 spiro atoms. The largest absolute Gasteiger partial charge is 0.380 e.